The lowest BCUT2D eigenvalue weighted by Gasteiger charge is -2.21. The maximum Gasteiger partial charge on any atom is 0.212 e. The number of nitriles is 1. The molecule has 5 heteroatoms. The number of hydrogen-bond acceptors (Lipinski definition) is 2. The molecule has 9 aromatic rings. The van der Waals surface area contributed by atoms with Gasteiger partial charge in [-0.05, 0) is 53.4 Å². The van der Waals surface area contributed by atoms with Crippen LogP contribution < -0.4 is 0 Å². The maximum atomic E-state index is 10.7. The van der Waals surface area contributed by atoms with Gasteiger partial charge in [-0.1, -0.05) is 93.6 Å². The molecule has 0 spiro atoms. The lowest BCUT2D eigenvalue weighted by molar-refractivity contribution is 0.591. The van der Waals surface area contributed by atoms with Gasteiger partial charge in [0.25, 0.3) is 0 Å². The van der Waals surface area contributed by atoms with E-state index in [4.69, 9.17) is 11.0 Å². The molecular weight excluding hydrogens is 576 g/mol. The number of nitrogens with zero attached hydrogens (tertiary/aromatic N) is 4. The molecule has 3 heterocycles. The van der Waals surface area contributed by atoms with Crippen molar-refractivity contribution in [3.8, 4) is 17.4 Å². The number of fused-ring (bicyclic) bond motifs is 10. The quantitative estimate of drug-likeness (QED) is 0.184. The van der Waals surface area contributed by atoms with Crippen molar-refractivity contribution >= 4 is 71.2 Å². The Hall–Kier alpha value is -6.30. The zero-order valence-corrected chi connectivity index (χ0v) is 26.2. The fourth-order valence-corrected chi connectivity index (χ4v) is 7.35. The van der Waals surface area contributed by atoms with Gasteiger partial charge in [0.05, 0.1) is 51.0 Å². The summed E-state index contributed by atoms with van der Waals surface area (Å²) in [5, 5.41) is 17.0. The molecule has 47 heavy (non-hydrogen) atoms. The van der Waals surface area contributed by atoms with Crippen molar-refractivity contribution in [2.24, 2.45) is 0 Å². The van der Waals surface area contributed by atoms with Gasteiger partial charge in [-0.25, -0.2) is 4.85 Å². The van der Waals surface area contributed by atoms with Crippen molar-refractivity contribution < 1.29 is 4.42 Å². The largest absolute Gasteiger partial charge is 0.455 e. The van der Waals surface area contributed by atoms with E-state index < -0.39 is 0 Å². The molecule has 9 rings (SSSR count). The van der Waals surface area contributed by atoms with Crippen LogP contribution in [-0.4, -0.2) is 9.13 Å². The molecular formula is C42H28N4O. The van der Waals surface area contributed by atoms with Crippen LogP contribution in [-0.2, 0) is 5.41 Å². The summed E-state index contributed by atoms with van der Waals surface area (Å²) in [7, 11) is 0. The number of hydrogen-bond donors (Lipinski definition) is 0. The van der Waals surface area contributed by atoms with Gasteiger partial charge in [-0.2, -0.15) is 5.26 Å². The van der Waals surface area contributed by atoms with Crippen LogP contribution >= 0.6 is 0 Å². The molecule has 0 aliphatic rings. The highest BCUT2D eigenvalue weighted by molar-refractivity contribution is 6.24. The topological polar surface area (TPSA) is 51.1 Å². The molecule has 0 aliphatic heterocycles. The van der Waals surface area contributed by atoms with Crippen molar-refractivity contribution in [2.75, 3.05) is 0 Å². The molecule has 0 aliphatic carbocycles. The van der Waals surface area contributed by atoms with Crippen LogP contribution in [0.4, 0.5) is 5.69 Å². The SMILES string of the molecule is [C-]#[N+]c1ccc(C#N)c(-n2c3ccccc3c3ccccc32)c1-n1c2ccc(C(C)(C)C)cc2c2c3oc4ccccc4c3ccc21. The van der Waals surface area contributed by atoms with Gasteiger partial charge in [0.2, 0.25) is 5.69 Å². The molecule has 0 atom stereocenters. The first-order valence-corrected chi connectivity index (χ1v) is 15.7. The van der Waals surface area contributed by atoms with Gasteiger partial charge in [0, 0.05) is 26.9 Å². The van der Waals surface area contributed by atoms with Gasteiger partial charge in [-0.15, -0.1) is 0 Å². The number of rotatable bonds is 2. The van der Waals surface area contributed by atoms with E-state index in [1.807, 2.05) is 42.5 Å². The third-order valence-electron chi connectivity index (χ3n) is 9.54. The second-order valence-electron chi connectivity index (χ2n) is 13.2. The summed E-state index contributed by atoms with van der Waals surface area (Å²) >= 11 is 0. The zero-order chi connectivity index (χ0) is 32.0. The van der Waals surface area contributed by atoms with Crippen LogP contribution in [0.1, 0.15) is 31.9 Å². The van der Waals surface area contributed by atoms with E-state index in [2.05, 4.69) is 101 Å². The van der Waals surface area contributed by atoms with E-state index in [0.29, 0.717) is 22.6 Å². The van der Waals surface area contributed by atoms with Gasteiger partial charge in [0.15, 0.2) is 0 Å². The molecule has 6 aromatic carbocycles. The Bertz CT molecular complexity index is 2800. The van der Waals surface area contributed by atoms with Crippen LogP contribution in [0.25, 0.3) is 81.8 Å². The highest BCUT2D eigenvalue weighted by Crippen LogP contribution is 2.46. The Morgan fingerprint density at radius 3 is 1.94 bits per heavy atom. The Morgan fingerprint density at radius 1 is 0.638 bits per heavy atom. The average Bonchev–Trinajstić information content (AvgIpc) is 3.74. The first kappa shape index (κ1) is 27.0. The second kappa shape index (κ2) is 9.60. The predicted molar refractivity (Wildman–Crippen MR) is 192 cm³/mol. The molecule has 0 radical (unpaired) electrons. The molecule has 0 saturated heterocycles. The summed E-state index contributed by atoms with van der Waals surface area (Å²) in [6.07, 6.45) is 0. The standard InChI is InChI=1S/C42H28N4O/c1-42(2,3)26-18-21-35-31(23-26)38-36(22-19-30-29-13-7-10-16-37(29)47-41(30)38)46(35)40-32(44-4)20-17-25(24-43)39(40)45-33-14-8-5-11-27(33)28-12-6-9-15-34(28)45/h5-23H,1-3H3. The fourth-order valence-electron chi connectivity index (χ4n) is 7.35. The van der Waals surface area contributed by atoms with Crippen molar-refractivity contribution in [2.45, 2.75) is 26.2 Å². The van der Waals surface area contributed by atoms with E-state index in [1.165, 1.54) is 5.56 Å². The zero-order valence-electron chi connectivity index (χ0n) is 26.2. The van der Waals surface area contributed by atoms with E-state index in [-0.39, 0.29) is 5.41 Å². The summed E-state index contributed by atoms with van der Waals surface area (Å²) in [5.74, 6) is 0. The van der Waals surface area contributed by atoms with Crippen LogP contribution in [0.3, 0.4) is 0 Å². The van der Waals surface area contributed by atoms with Gasteiger partial charge in [0.1, 0.15) is 17.2 Å². The molecule has 0 saturated carbocycles. The van der Waals surface area contributed by atoms with Crippen LogP contribution in [0.5, 0.6) is 0 Å². The molecule has 0 N–H and O–H groups in total. The Labute approximate surface area is 270 Å². The average molecular weight is 605 g/mol. The highest BCUT2D eigenvalue weighted by Gasteiger charge is 2.27. The summed E-state index contributed by atoms with van der Waals surface area (Å²) < 4.78 is 11.0. The number of furan rings is 1. The third-order valence-corrected chi connectivity index (χ3v) is 9.54. The predicted octanol–water partition coefficient (Wildman–Crippen LogP) is 11.5. The molecule has 0 bridgehead atoms. The minimum atomic E-state index is -0.0824. The summed E-state index contributed by atoms with van der Waals surface area (Å²) in [4.78, 5) is 4.08. The fraction of sp³-hybridized carbons (Fsp3) is 0.0952. The molecule has 0 fully saturated rings. The summed E-state index contributed by atoms with van der Waals surface area (Å²) in [5.41, 5.74) is 8.90. The monoisotopic (exact) mass is 604 g/mol. The molecule has 3 aromatic heterocycles. The number of benzene rings is 6. The maximum absolute atomic E-state index is 10.7. The second-order valence-corrected chi connectivity index (χ2v) is 13.2. The molecule has 0 amide bonds. The molecule has 5 nitrogen and oxygen atoms in total. The first-order valence-electron chi connectivity index (χ1n) is 15.7. The van der Waals surface area contributed by atoms with Crippen molar-refractivity contribution in [1.82, 2.24) is 9.13 Å². The van der Waals surface area contributed by atoms with E-state index in [9.17, 15) is 5.26 Å². The van der Waals surface area contributed by atoms with Crippen LogP contribution in [0.15, 0.2) is 120 Å². The summed E-state index contributed by atoms with van der Waals surface area (Å²) in [6, 6.07) is 41.6. The molecule has 0 unspecified atom stereocenters. The summed E-state index contributed by atoms with van der Waals surface area (Å²) in [6.45, 7) is 15.1. The van der Waals surface area contributed by atoms with Crippen molar-refractivity contribution in [1.29, 1.82) is 5.26 Å². The van der Waals surface area contributed by atoms with Crippen LogP contribution in [0, 0.1) is 17.9 Å². The highest BCUT2D eigenvalue weighted by atomic mass is 16.3. The van der Waals surface area contributed by atoms with Gasteiger partial charge < -0.3 is 13.6 Å². The van der Waals surface area contributed by atoms with E-state index in [1.54, 1.807) is 12.1 Å². The normalized spacial score (nSPS) is 12.1. The minimum Gasteiger partial charge on any atom is -0.455 e. The third kappa shape index (κ3) is 3.69. The Morgan fingerprint density at radius 2 is 1.26 bits per heavy atom. The van der Waals surface area contributed by atoms with Crippen molar-refractivity contribution in [3.63, 3.8) is 0 Å². The minimum absolute atomic E-state index is 0.0824. The number of para-hydroxylation sites is 3. The van der Waals surface area contributed by atoms with Crippen LogP contribution in [0.2, 0.25) is 0 Å². The van der Waals surface area contributed by atoms with Crippen molar-refractivity contribution in [3.05, 3.63) is 138 Å². The lowest BCUT2D eigenvalue weighted by Crippen LogP contribution is -2.10. The molecule has 222 valence electrons. The van der Waals surface area contributed by atoms with E-state index in [0.717, 1.165) is 65.6 Å². The Balaban J connectivity index is 1.53. The smallest absolute Gasteiger partial charge is 0.212 e. The van der Waals surface area contributed by atoms with Gasteiger partial charge in [-0.3, -0.25) is 0 Å². The van der Waals surface area contributed by atoms with E-state index >= 15 is 0 Å². The number of aromatic nitrogens is 2. The lowest BCUT2D eigenvalue weighted by atomic mass is 9.86. The first-order chi connectivity index (χ1) is 22.9. The Kier molecular flexibility index (Phi) is 5.52. The van der Waals surface area contributed by atoms with Gasteiger partial charge >= 0.3 is 0 Å².